The van der Waals surface area contributed by atoms with Gasteiger partial charge in [-0.05, 0) is 37.0 Å². The lowest BCUT2D eigenvalue weighted by molar-refractivity contribution is -0.129. The second-order valence-corrected chi connectivity index (χ2v) is 7.30. The molecule has 26 heavy (non-hydrogen) atoms. The van der Waals surface area contributed by atoms with Crippen LogP contribution in [0.15, 0.2) is 42.6 Å². The molecular weight excluding hydrogens is 324 g/mol. The zero-order valence-electron chi connectivity index (χ0n) is 15.4. The van der Waals surface area contributed by atoms with Gasteiger partial charge < -0.3 is 9.47 Å². The van der Waals surface area contributed by atoms with Gasteiger partial charge in [0.25, 0.3) is 0 Å². The smallest absolute Gasteiger partial charge is 0.226 e. The maximum atomic E-state index is 12.6. The van der Waals surface area contributed by atoms with E-state index in [1.165, 1.54) is 5.56 Å². The van der Waals surface area contributed by atoms with Crippen molar-refractivity contribution in [2.45, 2.75) is 26.2 Å². The van der Waals surface area contributed by atoms with Gasteiger partial charge in [-0.25, -0.2) is 9.97 Å². The first-order valence-electron chi connectivity index (χ1n) is 9.20. The van der Waals surface area contributed by atoms with Crippen LogP contribution in [-0.4, -0.2) is 38.4 Å². The van der Waals surface area contributed by atoms with E-state index in [2.05, 4.69) is 28.6 Å². The van der Waals surface area contributed by atoms with Crippen molar-refractivity contribution in [3.05, 3.63) is 59.5 Å². The van der Waals surface area contributed by atoms with Gasteiger partial charge in [0.05, 0.1) is 6.42 Å². The van der Waals surface area contributed by atoms with Crippen LogP contribution in [0.25, 0.3) is 11.2 Å². The molecule has 1 aliphatic rings. The summed E-state index contributed by atoms with van der Waals surface area (Å²) in [5.41, 5.74) is 4.16. The van der Waals surface area contributed by atoms with Crippen LogP contribution in [0.2, 0.25) is 0 Å². The van der Waals surface area contributed by atoms with E-state index < -0.39 is 0 Å². The molecular formula is C21H24N4O. The average Bonchev–Trinajstić information content (AvgIpc) is 3.21. The van der Waals surface area contributed by atoms with Crippen molar-refractivity contribution in [1.29, 1.82) is 0 Å². The molecule has 134 valence electrons. The van der Waals surface area contributed by atoms with Gasteiger partial charge in [-0.3, -0.25) is 4.79 Å². The summed E-state index contributed by atoms with van der Waals surface area (Å²) >= 11 is 0. The minimum Gasteiger partial charge on any atom is -0.342 e. The predicted molar refractivity (Wildman–Crippen MR) is 102 cm³/mol. The van der Waals surface area contributed by atoms with E-state index in [0.717, 1.165) is 48.5 Å². The van der Waals surface area contributed by atoms with E-state index in [1.54, 1.807) is 6.20 Å². The molecule has 0 unspecified atom stereocenters. The number of aryl methyl sites for hydroxylation is 2. The Morgan fingerprint density at radius 3 is 2.96 bits per heavy atom. The summed E-state index contributed by atoms with van der Waals surface area (Å²) in [6.07, 6.45) is 4.22. The molecule has 0 bridgehead atoms. The summed E-state index contributed by atoms with van der Waals surface area (Å²) in [6, 6.07) is 12.1. The van der Waals surface area contributed by atoms with Crippen LogP contribution >= 0.6 is 0 Å². The molecule has 0 radical (unpaired) electrons. The molecule has 4 rings (SSSR count). The lowest BCUT2D eigenvalue weighted by atomic mass is 10.0. The van der Waals surface area contributed by atoms with Crippen molar-refractivity contribution < 1.29 is 4.79 Å². The van der Waals surface area contributed by atoms with Gasteiger partial charge in [0.1, 0.15) is 11.3 Å². The highest BCUT2D eigenvalue weighted by atomic mass is 16.2. The Morgan fingerprint density at radius 1 is 1.27 bits per heavy atom. The highest BCUT2D eigenvalue weighted by Crippen LogP contribution is 2.23. The van der Waals surface area contributed by atoms with E-state index in [4.69, 9.17) is 4.98 Å². The van der Waals surface area contributed by atoms with Crippen molar-refractivity contribution in [1.82, 2.24) is 19.4 Å². The Bertz CT molecular complexity index is 946. The summed E-state index contributed by atoms with van der Waals surface area (Å²) in [5, 5.41) is 0. The van der Waals surface area contributed by atoms with E-state index >= 15 is 0 Å². The fraction of sp³-hybridized carbons (Fsp3) is 0.381. The zero-order chi connectivity index (χ0) is 18.1. The van der Waals surface area contributed by atoms with Gasteiger partial charge in [0.2, 0.25) is 5.91 Å². The molecule has 0 saturated carbocycles. The number of carbonyl (C=O) groups excluding carboxylic acids is 1. The predicted octanol–water partition coefficient (Wildman–Crippen LogP) is 2.91. The molecule has 3 heterocycles. The molecule has 1 aromatic carbocycles. The molecule has 1 saturated heterocycles. The lowest BCUT2D eigenvalue weighted by Gasteiger charge is -2.17. The van der Waals surface area contributed by atoms with Crippen LogP contribution in [0.1, 0.15) is 23.4 Å². The molecule has 3 aromatic rings. The number of hydrogen-bond acceptors (Lipinski definition) is 3. The van der Waals surface area contributed by atoms with Crippen LogP contribution in [0.4, 0.5) is 0 Å². The number of likely N-dealkylation sites (tertiary alicyclic amines) is 1. The molecule has 0 N–H and O–H groups in total. The number of nitrogens with zero attached hydrogens (tertiary/aromatic N) is 4. The SMILES string of the molecule is Cc1cccc(CC(=O)N2CC[C@@H](Cc3nc4cccnc4n3C)C2)c1. The number of pyridine rings is 1. The second kappa shape index (κ2) is 6.90. The van der Waals surface area contributed by atoms with Gasteiger partial charge in [-0.1, -0.05) is 29.8 Å². The molecule has 5 heteroatoms. The summed E-state index contributed by atoms with van der Waals surface area (Å²) in [4.78, 5) is 23.8. The standard InChI is InChI=1S/C21H24N4O/c1-15-5-3-6-16(11-15)13-20(26)25-10-8-17(14-25)12-19-23-18-7-4-9-22-21(18)24(19)2/h3-7,9,11,17H,8,10,12-14H2,1-2H3/t17-/m0/s1. The van der Waals surface area contributed by atoms with Crippen molar-refractivity contribution in [3.8, 4) is 0 Å². The first-order chi connectivity index (χ1) is 12.6. The van der Waals surface area contributed by atoms with Gasteiger partial charge >= 0.3 is 0 Å². The van der Waals surface area contributed by atoms with Crippen LogP contribution in [0.5, 0.6) is 0 Å². The second-order valence-electron chi connectivity index (χ2n) is 7.30. The highest BCUT2D eigenvalue weighted by Gasteiger charge is 2.27. The number of benzene rings is 1. The number of rotatable bonds is 4. The van der Waals surface area contributed by atoms with Gasteiger partial charge in [-0.15, -0.1) is 0 Å². The Hall–Kier alpha value is -2.69. The fourth-order valence-electron chi connectivity index (χ4n) is 3.85. The number of carbonyl (C=O) groups is 1. The summed E-state index contributed by atoms with van der Waals surface area (Å²) < 4.78 is 2.08. The average molecular weight is 348 g/mol. The van der Waals surface area contributed by atoms with Crippen molar-refractivity contribution >= 4 is 17.1 Å². The number of fused-ring (bicyclic) bond motifs is 1. The van der Waals surface area contributed by atoms with E-state index in [1.807, 2.05) is 36.2 Å². The normalized spacial score (nSPS) is 17.2. The van der Waals surface area contributed by atoms with Gasteiger partial charge in [-0.2, -0.15) is 0 Å². The van der Waals surface area contributed by atoms with E-state index in [-0.39, 0.29) is 5.91 Å². The maximum absolute atomic E-state index is 12.6. The third kappa shape index (κ3) is 3.34. The van der Waals surface area contributed by atoms with Crippen molar-refractivity contribution in [2.75, 3.05) is 13.1 Å². The van der Waals surface area contributed by atoms with Crippen molar-refractivity contribution in [2.24, 2.45) is 13.0 Å². The van der Waals surface area contributed by atoms with Crippen molar-refractivity contribution in [3.63, 3.8) is 0 Å². The molecule has 1 amide bonds. The first kappa shape index (κ1) is 16.8. The van der Waals surface area contributed by atoms with E-state index in [0.29, 0.717) is 12.3 Å². The molecule has 5 nitrogen and oxygen atoms in total. The Labute approximate surface area is 153 Å². The fourth-order valence-corrected chi connectivity index (χ4v) is 3.85. The lowest BCUT2D eigenvalue weighted by Crippen LogP contribution is -2.30. The van der Waals surface area contributed by atoms with Gasteiger partial charge in [0.15, 0.2) is 5.65 Å². The largest absolute Gasteiger partial charge is 0.342 e. The topological polar surface area (TPSA) is 51.0 Å². The third-order valence-corrected chi connectivity index (χ3v) is 5.27. The molecule has 1 atom stereocenters. The number of aromatic nitrogens is 3. The van der Waals surface area contributed by atoms with Gasteiger partial charge in [0, 0.05) is 32.8 Å². The number of amides is 1. The highest BCUT2D eigenvalue weighted by molar-refractivity contribution is 5.79. The quantitative estimate of drug-likeness (QED) is 0.728. The van der Waals surface area contributed by atoms with Crippen LogP contribution in [0, 0.1) is 12.8 Å². The maximum Gasteiger partial charge on any atom is 0.226 e. The summed E-state index contributed by atoms with van der Waals surface area (Å²) in [6.45, 7) is 3.73. The zero-order valence-corrected chi connectivity index (χ0v) is 15.4. The molecule has 1 fully saturated rings. The van der Waals surface area contributed by atoms with Crippen LogP contribution < -0.4 is 0 Å². The molecule has 0 aliphatic carbocycles. The first-order valence-corrected chi connectivity index (χ1v) is 9.20. The van der Waals surface area contributed by atoms with E-state index in [9.17, 15) is 4.79 Å². The van der Waals surface area contributed by atoms with Crippen LogP contribution in [0.3, 0.4) is 0 Å². The summed E-state index contributed by atoms with van der Waals surface area (Å²) in [5.74, 6) is 1.74. The third-order valence-electron chi connectivity index (χ3n) is 5.27. The Morgan fingerprint density at radius 2 is 2.15 bits per heavy atom. The van der Waals surface area contributed by atoms with Crippen LogP contribution in [-0.2, 0) is 24.7 Å². The molecule has 1 aliphatic heterocycles. The Kier molecular flexibility index (Phi) is 4.45. The molecule has 2 aromatic heterocycles. The Balaban J connectivity index is 1.40. The minimum absolute atomic E-state index is 0.227. The number of imidazole rings is 1. The molecule has 0 spiro atoms. The number of hydrogen-bond donors (Lipinski definition) is 0. The summed E-state index contributed by atoms with van der Waals surface area (Å²) in [7, 11) is 2.02. The monoisotopic (exact) mass is 348 g/mol. The minimum atomic E-state index is 0.227.